The van der Waals surface area contributed by atoms with E-state index < -0.39 is 52.5 Å². The summed E-state index contributed by atoms with van der Waals surface area (Å²) in [5.74, 6) is -1.84. The Balaban J connectivity index is 1.36. The van der Waals surface area contributed by atoms with Gasteiger partial charge in [0.2, 0.25) is 0 Å². The summed E-state index contributed by atoms with van der Waals surface area (Å²) in [7, 11) is 0. The van der Waals surface area contributed by atoms with Crippen LogP contribution >= 0.6 is 0 Å². The molecule has 3 aromatic heterocycles. The number of nitrogens with zero attached hydrogens (tertiary/aromatic N) is 4. The van der Waals surface area contributed by atoms with E-state index in [9.17, 15) is 27.6 Å². The lowest BCUT2D eigenvalue weighted by atomic mass is 9.90. The van der Waals surface area contributed by atoms with Crippen molar-refractivity contribution in [3.63, 3.8) is 0 Å². The van der Waals surface area contributed by atoms with Gasteiger partial charge in [0.25, 0.3) is 11.5 Å². The zero-order valence-electron chi connectivity index (χ0n) is 27.3. The van der Waals surface area contributed by atoms with Gasteiger partial charge in [-0.3, -0.25) is 19.9 Å². The van der Waals surface area contributed by atoms with E-state index >= 15 is 4.39 Å². The Labute approximate surface area is 283 Å². The number of benzene rings is 2. The third kappa shape index (κ3) is 7.82. The largest absolute Gasteiger partial charge is 0.444 e. The highest BCUT2D eigenvalue weighted by Gasteiger charge is 2.36. The molecule has 0 bridgehead atoms. The Morgan fingerprint density at radius 3 is 2.50 bits per heavy atom. The number of carbonyl (C=O) groups is 2. The van der Waals surface area contributed by atoms with Gasteiger partial charge in [-0.2, -0.15) is 18.3 Å². The fourth-order valence-corrected chi connectivity index (χ4v) is 5.59. The smallest absolute Gasteiger partial charge is 0.435 e. The highest BCUT2D eigenvalue weighted by Crippen LogP contribution is 2.38. The van der Waals surface area contributed by atoms with Crippen LogP contribution in [0, 0.1) is 11.7 Å². The molecule has 1 aliphatic rings. The molecular weight excluding hydrogens is 658 g/mol. The minimum atomic E-state index is -4.92. The molecule has 0 spiro atoms. The Bertz CT molecular complexity index is 2130. The molecule has 2 aromatic carbocycles. The predicted molar refractivity (Wildman–Crippen MR) is 177 cm³/mol. The standard InChI is InChI=1S/C35H33F4N7O4/c1-34(2,3)50-33(49)44-30-24-17-22(9-7-20(24)12-13-41-30)46-27(18-28(45-46)35(37,38)39)31(47)43-26-16-21(8-11-25(26)36)23(10-6-19-4-5-19)29-32(48)42-15-14-40-29/h7-9,11-19,23H,4-6,10H2,1-3H3,(H,42,48)(H,43,47)(H,41,44,49). The Kier molecular flexibility index (Phi) is 9.16. The molecule has 1 fully saturated rings. The monoisotopic (exact) mass is 691 g/mol. The van der Waals surface area contributed by atoms with E-state index in [1.54, 1.807) is 32.9 Å². The maximum Gasteiger partial charge on any atom is 0.435 e. The van der Waals surface area contributed by atoms with E-state index in [1.807, 2.05) is 0 Å². The van der Waals surface area contributed by atoms with Crippen molar-refractivity contribution < 1.29 is 31.9 Å². The molecule has 50 heavy (non-hydrogen) atoms. The number of anilines is 2. The maximum absolute atomic E-state index is 15.2. The first-order chi connectivity index (χ1) is 23.7. The molecule has 1 unspecified atom stereocenters. The second kappa shape index (κ2) is 13.4. The number of rotatable bonds is 9. The van der Waals surface area contributed by atoms with Crippen LogP contribution in [-0.2, 0) is 10.9 Å². The summed E-state index contributed by atoms with van der Waals surface area (Å²) < 4.78 is 63.1. The van der Waals surface area contributed by atoms with E-state index in [4.69, 9.17) is 4.74 Å². The molecule has 1 saturated carbocycles. The molecule has 0 saturated heterocycles. The molecule has 0 radical (unpaired) electrons. The summed E-state index contributed by atoms with van der Waals surface area (Å²) in [5.41, 5.74) is -2.65. The number of hydrogen-bond acceptors (Lipinski definition) is 7. The summed E-state index contributed by atoms with van der Waals surface area (Å²) in [6.45, 7) is 5.04. The van der Waals surface area contributed by atoms with Crippen molar-refractivity contribution in [2.45, 2.75) is 64.1 Å². The zero-order chi connectivity index (χ0) is 35.8. The van der Waals surface area contributed by atoms with Crippen molar-refractivity contribution in [2.75, 3.05) is 10.6 Å². The molecule has 5 aromatic rings. The third-order valence-electron chi connectivity index (χ3n) is 8.11. The van der Waals surface area contributed by atoms with Crippen molar-refractivity contribution in [1.29, 1.82) is 0 Å². The molecule has 6 rings (SSSR count). The van der Waals surface area contributed by atoms with Gasteiger partial charge in [0.15, 0.2) is 5.69 Å². The number of alkyl halides is 3. The van der Waals surface area contributed by atoms with E-state index in [1.165, 1.54) is 42.9 Å². The summed E-state index contributed by atoms with van der Waals surface area (Å²) >= 11 is 0. The van der Waals surface area contributed by atoms with E-state index in [0.29, 0.717) is 34.7 Å². The summed E-state index contributed by atoms with van der Waals surface area (Å²) in [4.78, 5) is 49.9. The zero-order valence-corrected chi connectivity index (χ0v) is 27.3. The fourth-order valence-electron chi connectivity index (χ4n) is 5.59. The van der Waals surface area contributed by atoms with Gasteiger partial charge in [0, 0.05) is 36.0 Å². The average molecular weight is 692 g/mol. The van der Waals surface area contributed by atoms with Gasteiger partial charge in [-0.1, -0.05) is 25.0 Å². The van der Waals surface area contributed by atoms with Crippen molar-refractivity contribution in [3.8, 4) is 5.69 Å². The minimum Gasteiger partial charge on any atom is -0.444 e. The molecule has 3 N–H and O–H groups in total. The number of aromatic amines is 1. The Hall–Kier alpha value is -5.60. The summed E-state index contributed by atoms with van der Waals surface area (Å²) in [6, 6.07) is 10.6. The second-order valence-electron chi connectivity index (χ2n) is 13.1. The number of amides is 2. The lowest BCUT2D eigenvalue weighted by molar-refractivity contribution is -0.141. The Morgan fingerprint density at radius 1 is 1.02 bits per heavy atom. The van der Waals surface area contributed by atoms with Crippen LogP contribution in [-0.4, -0.2) is 42.3 Å². The lowest BCUT2D eigenvalue weighted by Crippen LogP contribution is -2.27. The number of nitrogens with one attached hydrogen (secondary N) is 3. The van der Waals surface area contributed by atoms with Gasteiger partial charge >= 0.3 is 12.3 Å². The van der Waals surface area contributed by atoms with E-state index in [0.717, 1.165) is 30.0 Å². The predicted octanol–water partition coefficient (Wildman–Crippen LogP) is 7.58. The lowest BCUT2D eigenvalue weighted by Gasteiger charge is -2.20. The van der Waals surface area contributed by atoms with Crippen LogP contribution in [0.15, 0.2) is 71.9 Å². The number of pyridine rings is 1. The van der Waals surface area contributed by atoms with Crippen LogP contribution in [0.5, 0.6) is 0 Å². The molecule has 260 valence electrons. The van der Waals surface area contributed by atoms with Gasteiger partial charge in [-0.15, -0.1) is 0 Å². The van der Waals surface area contributed by atoms with Crippen LogP contribution in [0.4, 0.5) is 33.9 Å². The third-order valence-corrected chi connectivity index (χ3v) is 8.11. The summed E-state index contributed by atoms with van der Waals surface area (Å²) in [6.07, 6.45) is 2.10. The second-order valence-corrected chi connectivity index (χ2v) is 13.1. The molecule has 0 aliphatic heterocycles. The number of carbonyl (C=O) groups excluding carboxylic acids is 2. The highest BCUT2D eigenvalue weighted by molar-refractivity contribution is 6.04. The van der Waals surface area contributed by atoms with Crippen molar-refractivity contribution >= 4 is 34.3 Å². The molecule has 1 aliphatic carbocycles. The van der Waals surface area contributed by atoms with Crippen LogP contribution in [0.25, 0.3) is 16.5 Å². The normalized spacial score (nSPS) is 14.0. The molecule has 1 atom stereocenters. The van der Waals surface area contributed by atoms with E-state index in [-0.39, 0.29) is 22.9 Å². The van der Waals surface area contributed by atoms with Crippen LogP contribution in [0.2, 0.25) is 0 Å². The van der Waals surface area contributed by atoms with Crippen molar-refractivity contribution in [3.05, 3.63) is 106 Å². The quantitative estimate of drug-likeness (QED) is 0.135. The molecule has 15 heteroatoms. The van der Waals surface area contributed by atoms with Gasteiger partial charge in [0.1, 0.15) is 28.6 Å². The van der Waals surface area contributed by atoms with Crippen LogP contribution in [0.1, 0.15) is 79.8 Å². The van der Waals surface area contributed by atoms with Crippen molar-refractivity contribution in [2.24, 2.45) is 5.92 Å². The number of H-pyrrole nitrogens is 1. The van der Waals surface area contributed by atoms with Gasteiger partial charge < -0.3 is 15.0 Å². The first kappa shape index (κ1) is 34.3. The highest BCUT2D eigenvalue weighted by atomic mass is 19.4. The molecule has 3 heterocycles. The minimum absolute atomic E-state index is 0.0297. The van der Waals surface area contributed by atoms with Gasteiger partial charge in [-0.05, 0) is 80.8 Å². The van der Waals surface area contributed by atoms with Gasteiger partial charge in [-0.25, -0.2) is 18.9 Å². The topological polar surface area (TPSA) is 144 Å². The van der Waals surface area contributed by atoms with E-state index in [2.05, 4.69) is 30.7 Å². The first-order valence-electron chi connectivity index (χ1n) is 15.9. The van der Waals surface area contributed by atoms with Crippen LogP contribution in [0.3, 0.4) is 0 Å². The maximum atomic E-state index is 15.2. The first-order valence-corrected chi connectivity index (χ1v) is 15.9. The number of aromatic nitrogens is 5. The van der Waals surface area contributed by atoms with Crippen LogP contribution < -0.4 is 16.2 Å². The summed E-state index contributed by atoms with van der Waals surface area (Å²) in [5, 5.41) is 9.53. The van der Waals surface area contributed by atoms with Gasteiger partial charge in [0.05, 0.1) is 11.4 Å². The molecule has 2 amide bonds. The number of halogens is 4. The fraction of sp³-hybridized carbons (Fsp3) is 0.314. The number of ether oxygens (including phenoxy) is 1. The average Bonchev–Trinajstić information content (AvgIpc) is 3.75. The SMILES string of the molecule is CC(C)(C)OC(=O)Nc1nccc2ccc(-n3nc(C(F)(F)F)cc3C(=O)Nc3cc(C(CCC4CC4)c4ncc[nH]c4=O)ccc3F)cc12. The Morgan fingerprint density at radius 2 is 1.80 bits per heavy atom. The number of fused-ring (bicyclic) bond motifs is 1. The molecule has 11 nitrogen and oxygen atoms in total. The van der Waals surface area contributed by atoms with Crippen molar-refractivity contribution in [1.82, 2.24) is 24.7 Å². The number of hydrogen-bond donors (Lipinski definition) is 3. The molecular formula is C35H33F4N7O4.